The zero-order chi connectivity index (χ0) is 23.4. The molecule has 4 nitrogen and oxygen atoms in total. The van der Waals surface area contributed by atoms with E-state index in [-0.39, 0.29) is 23.0 Å². The van der Waals surface area contributed by atoms with Crippen LogP contribution in [0.25, 0.3) is 0 Å². The largest absolute Gasteiger partial charge is 0.319 e. The maximum Gasteiger partial charge on any atom is 0.251 e. The Morgan fingerprint density at radius 2 is 1.81 bits per heavy atom. The minimum Gasteiger partial charge on any atom is -0.319 e. The SMILES string of the molecule is C/C=C(\C)C(=O)NC1=CCC2(C)C(CCC3C2CCC2(C)C3CCC2C(C)N(C)C)C1=O. The van der Waals surface area contributed by atoms with Gasteiger partial charge in [0.05, 0.1) is 5.70 Å². The minimum atomic E-state index is -0.148. The van der Waals surface area contributed by atoms with Gasteiger partial charge in [-0.25, -0.2) is 0 Å². The molecule has 0 spiro atoms. The van der Waals surface area contributed by atoms with Gasteiger partial charge in [-0.05, 0) is 114 Å². The summed E-state index contributed by atoms with van der Waals surface area (Å²) in [5.41, 5.74) is 1.67. The lowest BCUT2D eigenvalue weighted by molar-refractivity contribution is -0.141. The average Bonchev–Trinajstić information content (AvgIpc) is 3.11. The van der Waals surface area contributed by atoms with Crippen LogP contribution in [0.4, 0.5) is 0 Å². The van der Waals surface area contributed by atoms with E-state index >= 15 is 0 Å². The number of hydrogen-bond donors (Lipinski definition) is 1. The molecule has 3 fully saturated rings. The quantitative estimate of drug-likeness (QED) is 0.600. The first-order valence-electron chi connectivity index (χ1n) is 12.9. The Labute approximate surface area is 195 Å². The Morgan fingerprint density at radius 3 is 2.47 bits per heavy atom. The molecule has 4 aliphatic rings. The van der Waals surface area contributed by atoms with E-state index in [9.17, 15) is 9.59 Å². The highest BCUT2D eigenvalue weighted by Gasteiger charge is 2.61. The maximum absolute atomic E-state index is 13.5. The van der Waals surface area contributed by atoms with Gasteiger partial charge in [-0.3, -0.25) is 9.59 Å². The lowest BCUT2D eigenvalue weighted by Crippen LogP contribution is -2.56. The number of amides is 1. The Morgan fingerprint density at radius 1 is 1.12 bits per heavy atom. The fourth-order valence-electron chi connectivity index (χ4n) is 8.45. The predicted molar refractivity (Wildman–Crippen MR) is 130 cm³/mol. The fraction of sp³-hybridized carbons (Fsp3) is 0.786. The molecule has 4 heteroatoms. The second-order valence-electron chi connectivity index (χ2n) is 12.1. The number of carbonyl (C=O) groups excluding carboxylic acids is 2. The summed E-state index contributed by atoms with van der Waals surface area (Å²) in [6.45, 7) is 11.0. The second-order valence-corrected chi connectivity index (χ2v) is 12.1. The maximum atomic E-state index is 13.5. The monoisotopic (exact) mass is 440 g/mol. The number of fused-ring (bicyclic) bond motifs is 5. The van der Waals surface area contributed by atoms with Crippen molar-refractivity contribution in [1.82, 2.24) is 10.2 Å². The van der Waals surface area contributed by atoms with E-state index < -0.39 is 0 Å². The van der Waals surface area contributed by atoms with Crippen LogP contribution < -0.4 is 5.32 Å². The molecule has 0 aromatic carbocycles. The van der Waals surface area contributed by atoms with Gasteiger partial charge < -0.3 is 10.2 Å². The van der Waals surface area contributed by atoms with Crippen molar-refractivity contribution < 1.29 is 9.59 Å². The van der Waals surface area contributed by atoms with Crippen LogP contribution in [0, 0.1) is 40.4 Å². The summed E-state index contributed by atoms with van der Waals surface area (Å²) in [5.74, 6) is 3.03. The molecule has 0 radical (unpaired) electrons. The molecule has 0 aromatic rings. The first kappa shape index (κ1) is 23.7. The van der Waals surface area contributed by atoms with Crippen molar-refractivity contribution in [2.75, 3.05) is 14.1 Å². The smallest absolute Gasteiger partial charge is 0.251 e. The fourth-order valence-corrected chi connectivity index (χ4v) is 8.45. The Bertz CT molecular complexity index is 842. The van der Waals surface area contributed by atoms with E-state index in [4.69, 9.17) is 0 Å². The van der Waals surface area contributed by atoms with Crippen molar-refractivity contribution in [2.24, 2.45) is 40.4 Å². The topological polar surface area (TPSA) is 49.4 Å². The Balaban J connectivity index is 1.56. The molecule has 3 saturated carbocycles. The molecule has 32 heavy (non-hydrogen) atoms. The highest BCUT2D eigenvalue weighted by molar-refractivity contribution is 6.04. The summed E-state index contributed by atoms with van der Waals surface area (Å²) < 4.78 is 0. The molecule has 0 saturated heterocycles. The van der Waals surface area contributed by atoms with Gasteiger partial charge >= 0.3 is 0 Å². The number of allylic oxidation sites excluding steroid dienone is 3. The molecule has 4 aliphatic carbocycles. The van der Waals surface area contributed by atoms with Crippen LogP contribution in [0.5, 0.6) is 0 Å². The van der Waals surface area contributed by atoms with Crippen molar-refractivity contribution in [3.63, 3.8) is 0 Å². The van der Waals surface area contributed by atoms with Crippen molar-refractivity contribution in [3.05, 3.63) is 23.4 Å². The molecular weight excluding hydrogens is 396 g/mol. The second kappa shape index (κ2) is 8.42. The summed E-state index contributed by atoms with van der Waals surface area (Å²) in [7, 11) is 4.46. The number of nitrogens with one attached hydrogen (secondary N) is 1. The molecule has 0 bridgehead atoms. The number of nitrogens with zero attached hydrogens (tertiary/aromatic N) is 1. The van der Waals surface area contributed by atoms with Gasteiger partial charge in [0.25, 0.3) is 5.91 Å². The standard InChI is InChI=1S/C28H44N2O2/c1-8-17(2)26(32)29-24-14-16-28(5)22-13-15-27(4)20(18(3)30(6)7)11-12-21(27)19(22)9-10-23(28)25(24)31/h8,14,18-23H,9-13,15-16H2,1-7H3,(H,29,32)/b17-8+. The molecule has 0 aliphatic heterocycles. The van der Waals surface area contributed by atoms with Crippen LogP contribution in [0.3, 0.4) is 0 Å². The van der Waals surface area contributed by atoms with Crippen molar-refractivity contribution in [1.29, 1.82) is 0 Å². The lowest BCUT2D eigenvalue weighted by Gasteiger charge is -2.60. The van der Waals surface area contributed by atoms with Crippen LogP contribution in [-0.4, -0.2) is 36.7 Å². The van der Waals surface area contributed by atoms with Gasteiger partial charge in [0.2, 0.25) is 0 Å². The van der Waals surface area contributed by atoms with E-state index in [2.05, 4.69) is 45.1 Å². The molecule has 8 unspecified atom stereocenters. The highest BCUT2D eigenvalue weighted by Crippen LogP contribution is 2.67. The van der Waals surface area contributed by atoms with Gasteiger partial charge in [-0.2, -0.15) is 0 Å². The van der Waals surface area contributed by atoms with E-state index in [0.29, 0.717) is 28.6 Å². The first-order chi connectivity index (χ1) is 15.0. The molecule has 0 aromatic heterocycles. The third kappa shape index (κ3) is 3.52. The van der Waals surface area contributed by atoms with Crippen LogP contribution in [-0.2, 0) is 9.59 Å². The number of Topliss-reactive ketones (excluding diaryl/α,β-unsaturated/α-hetero) is 1. The normalized spacial score (nSPS) is 42.6. The molecule has 8 atom stereocenters. The Kier molecular flexibility index (Phi) is 6.24. The van der Waals surface area contributed by atoms with Crippen molar-refractivity contribution in [3.8, 4) is 0 Å². The Hall–Kier alpha value is -1.42. The van der Waals surface area contributed by atoms with Crippen LogP contribution in [0.15, 0.2) is 23.4 Å². The van der Waals surface area contributed by atoms with Gasteiger partial charge in [-0.15, -0.1) is 0 Å². The molecule has 4 rings (SSSR count). The van der Waals surface area contributed by atoms with E-state index in [1.807, 2.05) is 13.0 Å². The molecule has 0 heterocycles. The van der Waals surface area contributed by atoms with Crippen LogP contribution >= 0.6 is 0 Å². The first-order valence-corrected chi connectivity index (χ1v) is 12.9. The molecule has 1 N–H and O–H groups in total. The molecule has 1 amide bonds. The van der Waals surface area contributed by atoms with Gasteiger partial charge in [0.1, 0.15) is 0 Å². The molecular formula is C28H44N2O2. The van der Waals surface area contributed by atoms with Crippen LogP contribution in [0.1, 0.15) is 79.6 Å². The molecule has 178 valence electrons. The summed E-state index contributed by atoms with van der Waals surface area (Å²) in [5, 5.41) is 2.91. The van der Waals surface area contributed by atoms with E-state index in [1.165, 1.54) is 32.1 Å². The van der Waals surface area contributed by atoms with E-state index in [0.717, 1.165) is 30.6 Å². The van der Waals surface area contributed by atoms with E-state index in [1.54, 1.807) is 13.0 Å². The van der Waals surface area contributed by atoms with Gasteiger partial charge in [0.15, 0.2) is 5.78 Å². The highest BCUT2D eigenvalue weighted by atomic mass is 16.2. The summed E-state index contributed by atoms with van der Waals surface area (Å²) >= 11 is 0. The van der Waals surface area contributed by atoms with Gasteiger partial charge in [0, 0.05) is 17.5 Å². The van der Waals surface area contributed by atoms with Crippen molar-refractivity contribution >= 4 is 11.7 Å². The van der Waals surface area contributed by atoms with Crippen LogP contribution in [0.2, 0.25) is 0 Å². The number of carbonyl (C=O) groups is 2. The zero-order valence-electron chi connectivity index (χ0n) is 21.3. The summed E-state index contributed by atoms with van der Waals surface area (Å²) in [6.07, 6.45) is 12.2. The number of ketones is 1. The summed E-state index contributed by atoms with van der Waals surface area (Å²) in [4.78, 5) is 28.3. The minimum absolute atomic E-state index is 0.0381. The third-order valence-corrected chi connectivity index (χ3v) is 10.7. The number of rotatable bonds is 4. The van der Waals surface area contributed by atoms with Crippen molar-refractivity contribution in [2.45, 2.75) is 85.6 Å². The van der Waals surface area contributed by atoms with Gasteiger partial charge in [-0.1, -0.05) is 26.0 Å². The third-order valence-electron chi connectivity index (χ3n) is 10.7. The summed E-state index contributed by atoms with van der Waals surface area (Å²) in [6, 6.07) is 0.625. The average molecular weight is 441 g/mol. The predicted octanol–water partition coefficient (Wildman–Crippen LogP) is 5.35. The number of hydrogen-bond acceptors (Lipinski definition) is 3. The zero-order valence-corrected chi connectivity index (χ0v) is 21.3. The lowest BCUT2D eigenvalue weighted by atomic mass is 9.45.